The van der Waals surface area contributed by atoms with Gasteiger partial charge in [-0.05, 0) is 42.8 Å². The normalized spacial score (nSPS) is 16.1. The lowest BCUT2D eigenvalue weighted by Gasteiger charge is -2.25. The highest BCUT2D eigenvalue weighted by atomic mass is 16.5. The monoisotopic (exact) mass is 387 g/mol. The molecule has 2 aromatic heterocycles. The van der Waals surface area contributed by atoms with Crippen molar-refractivity contribution in [2.75, 3.05) is 26.3 Å². The Bertz CT molecular complexity index is 758. The van der Waals surface area contributed by atoms with Crippen LogP contribution >= 0.6 is 0 Å². The second-order valence-corrected chi connectivity index (χ2v) is 7.25. The number of aromatic nitrogens is 5. The van der Waals surface area contributed by atoms with Crippen LogP contribution in [0.3, 0.4) is 0 Å². The summed E-state index contributed by atoms with van der Waals surface area (Å²) < 4.78 is 7.16. The number of rotatable bonds is 9. The molecule has 3 heterocycles. The third kappa shape index (κ3) is 6.35. The Morgan fingerprint density at radius 2 is 2.14 bits per heavy atom. The Morgan fingerprint density at radius 1 is 1.32 bits per heavy atom. The lowest BCUT2D eigenvalue weighted by atomic mass is 10.1. The van der Waals surface area contributed by atoms with E-state index in [1.54, 1.807) is 4.68 Å². The van der Waals surface area contributed by atoms with E-state index in [1.165, 1.54) is 0 Å². The maximum atomic E-state index is 12.2. The van der Waals surface area contributed by atoms with E-state index in [1.807, 2.05) is 32.0 Å². The number of hydrogen-bond donors (Lipinski definition) is 1. The van der Waals surface area contributed by atoms with Crippen LogP contribution in [0, 0.1) is 6.92 Å². The van der Waals surface area contributed by atoms with Crippen LogP contribution < -0.4 is 5.32 Å². The topological polar surface area (TPSA) is 98.1 Å². The zero-order chi connectivity index (χ0) is 19.8. The molecule has 152 valence electrons. The average Bonchev–Trinajstić information content (AvgIpc) is 3.09. The minimum absolute atomic E-state index is 0.0444. The molecule has 1 saturated heterocycles. The minimum Gasteiger partial charge on any atom is -0.379 e. The van der Waals surface area contributed by atoms with E-state index in [0.29, 0.717) is 25.9 Å². The van der Waals surface area contributed by atoms with Crippen molar-refractivity contribution in [3.05, 3.63) is 35.4 Å². The van der Waals surface area contributed by atoms with E-state index in [2.05, 4.69) is 30.7 Å². The van der Waals surface area contributed by atoms with Crippen molar-refractivity contribution in [3.63, 3.8) is 0 Å². The largest absolute Gasteiger partial charge is 0.379 e. The van der Waals surface area contributed by atoms with Crippen LogP contribution in [0.5, 0.6) is 0 Å². The number of pyridine rings is 1. The maximum Gasteiger partial charge on any atom is 0.220 e. The quantitative estimate of drug-likeness (QED) is 0.677. The fourth-order valence-electron chi connectivity index (χ4n) is 3.28. The van der Waals surface area contributed by atoms with E-state index in [-0.39, 0.29) is 11.9 Å². The summed E-state index contributed by atoms with van der Waals surface area (Å²) in [7, 11) is 0. The molecule has 1 fully saturated rings. The number of amides is 1. The van der Waals surface area contributed by atoms with Crippen LogP contribution in [-0.2, 0) is 29.0 Å². The van der Waals surface area contributed by atoms with Crippen molar-refractivity contribution >= 4 is 5.91 Å². The number of ether oxygens (including phenoxy) is 1. The molecule has 1 N–H and O–H groups in total. The summed E-state index contributed by atoms with van der Waals surface area (Å²) in [6.45, 7) is 8.60. The van der Waals surface area contributed by atoms with E-state index in [4.69, 9.17) is 4.74 Å². The van der Waals surface area contributed by atoms with E-state index in [0.717, 1.165) is 49.9 Å². The molecule has 1 aliphatic rings. The van der Waals surface area contributed by atoms with Crippen LogP contribution in [0.15, 0.2) is 18.2 Å². The van der Waals surface area contributed by atoms with Gasteiger partial charge in [-0.15, -0.1) is 5.10 Å². The molecule has 1 atom stereocenters. The van der Waals surface area contributed by atoms with Gasteiger partial charge >= 0.3 is 0 Å². The van der Waals surface area contributed by atoms with Gasteiger partial charge in [-0.2, -0.15) is 0 Å². The van der Waals surface area contributed by atoms with E-state index in [9.17, 15) is 4.79 Å². The fraction of sp³-hybridized carbons (Fsp3) is 0.632. The predicted molar refractivity (Wildman–Crippen MR) is 103 cm³/mol. The Hall–Kier alpha value is -2.39. The van der Waals surface area contributed by atoms with Gasteiger partial charge in [-0.3, -0.25) is 14.7 Å². The number of morpholine rings is 1. The van der Waals surface area contributed by atoms with Crippen molar-refractivity contribution in [2.45, 2.75) is 52.2 Å². The number of tetrazole rings is 1. The third-order valence-corrected chi connectivity index (χ3v) is 4.72. The van der Waals surface area contributed by atoms with Crippen LogP contribution in [0.4, 0.5) is 0 Å². The summed E-state index contributed by atoms with van der Waals surface area (Å²) in [5.41, 5.74) is 1.99. The number of nitrogens with one attached hydrogen (secondary N) is 1. The molecule has 2 aromatic rings. The van der Waals surface area contributed by atoms with Gasteiger partial charge in [-0.1, -0.05) is 6.07 Å². The van der Waals surface area contributed by atoms with Gasteiger partial charge < -0.3 is 10.1 Å². The molecule has 3 rings (SSSR count). The lowest BCUT2D eigenvalue weighted by Crippen LogP contribution is -2.36. The van der Waals surface area contributed by atoms with Crippen LogP contribution in [0.25, 0.3) is 0 Å². The third-order valence-electron chi connectivity index (χ3n) is 4.72. The zero-order valence-electron chi connectivity index (χ0n) is 16.7. The number of carbonyl (C=O) groups is 1. The Balaban J connectivity index is 1.39. The standard InChI is InChI=1S/C19H29N7O2/c1-15-5-3-6-17(20-15)13-16(2)21-19(27)7-4-8-26-18(22-23-24-26)14-25-9-11-28-12-10-25/h3,5-6,16H,4,7-14H2,1-2H3,(H,21,27)/t16-/m1/s1. The summed E-state index contributed by atoms with van der Waals surface area (Å²) in [5.74, 6) is 0.879. The second-order valence-electron chi connectivity index (χ2n) is 7.25. The second kappa shape index (κ2) is 10.2. The van der Waals surface area contributed by atoms with Gasteiger partial charge in [0.25, 0.3) is 0 Å². The number of nitrogens with zero attached hydrogens (tertiary/aromatic N) is 6. The summed E-state index contributed by atoms with van der Waals surface area (Å²) in [5, 5.41) is 15.0. The molecule has 0 unspecified atom stereocenters. The molecule has 0 spiro atoms. The van der Waals surface area contributed by atoms with Gasteiger partial charge in [0.1, 0.15) is 0 Å². The van der Waals surface area contributed by atoms with Crippen LogP contribution in [-0.4, -0.2) is 68.3 Å². The van der Waals surface area contributed by atoms with Crippen molar-refractivity contribution < 1.29 is 9.53 Å². The highest BCUT2D eigenvalue weighted by molar-refractivity contribution is 5.76. The Morgan fingerprint density at radius 3 is 2.93 bits per heavy atom. The molecule has 0 aliphatic carbocycles. The van der Waals surface area contributed by atoms with Crippen molar-refractivity contribution in [1.82, 2.24) is 35.4 Å². The first kappa shape index (κ1) is 20.3. The molecule has 28 heavy (non-hydrogen) atoms. The summed E-state index contributed by atoms with van der Waals surface area (Å²) in [4.78, 5) is 19.0. The van der Waals surface area contributed by atoms with Gasteiger partial charge in [-0.25, -0.2) is 4.68 Å². The predicted octanol–water partition coefficient (Wildman–Crippen LogP) is 0.736. The molecule has 1 aliphatic heterocycles. The number of hydrogen-bond acceptors (Lipinski definition) is 7. The van der Waals surface area contributed by atoms with Gasteiger partial charge in [0.05, 0.1) is 19.8 Å². The van der Waals surface area contributed by atoms with Gasteiger partial charge in [0, 0.05) is 49.9 Å². The number of aryl methyl sites for hydroxylation is 2. The molecular weight excluding hydrogens is 358 g/mol. The van der Waals surface area contributed by atoms with Crippen LogP contribution in [0.2, 0.25) is 0 Å². The first-order chi connectivity index (χ1) is 13.6. The van der Waals surface area contributed by atoms with Crippen molar-refractivity contribution in [2.24, 2.45) is 0 Å². The first-order valence-electron chi connectivity index (χ1n) is 9.87. The van der Waals surface area contributed by atoms with Crippen molar-refractivity contribution in [1.29, 1.82) is 0 Å². The molecule has 0 aromatic carbocycles. The Kier molecular flexibility index (Phi) is 7.44. The molecule has 0 bridgehead atoms. The summed E-state index contributed by atoms with van der Waals surface area (Å²) >= 11 is 0. The molecule has 0 radical (unpaired) electrons. The average molecular weight is 387 g/mol. The van der Waals surface area contributed by atoms with Crippen molar-refractivity contribution in [3.8, 4) is 0 Å². The molecular formula is C19H29N7O2. The first-order valence-corrected chi connectivity index (χ1v) is 9.87. The van der Waals surface area contributed by atoms with E-state index >= 15 is 0 Å². The lowest BCUT2D eigenvalue weighted by molar-refractivity contribution is -0.121. The van der Waals surface area contributed by atoms with Crippen LogP contribution in [0.1, 0.15) is 37.0 Å². The highest BCUT2D eigenvalue weighted by Gasteiger charge is 2.15. The smallest absolute Gasteiger partial charge is 0.220 e. The number of carbonyl (C=O) groups excluding carboxylic acids is 1. The highest BCUT2D eigenvalue weighted by Crippen LogP contribution is 2.06. The fourth-order valence-corrected chi connectivity index (χ4v) is 3.28. The zero-order valence-corrected chi connectivity index (χ0v) is 16.7. The minimum atomic E-state index is 0.0444. The SMILES string of the molecule is Cc1cccc(C[C@@H](C)NC(=O)CCCn2nnnc2CN2CCOCC2)n1. The maximum absolute atomic E-state index is 12.2. The summed E-state index contributed by atoms with van der Waals surface area (Å²) in [6.07, 6.45) is 1.87. The molecule has 1 amide bonds. The summed E-state index contributed by atoms with van der Waals surface area (Å²) in [6, 6.07) is 6.00. The van der Waals surface area contributed by atoms with E-state index < -0.39 is 0 Å². The van der Waals surface area contributed by atoms with Gasteiger partial charge in [0.2, 0.25) is 5.91 Å². The Labute approximate surface area is 165 Å². The molecule has 9 heteroatoms. The molecule has 0 saturated carbocycles. The molecule has 9 nitrogen and oxygen atoms in total. The van der Waals surface area contributed by atoms with Gasteiger partial charge in [0.15, 0.2) is 5.82 Å².